The summed E-state index contributed by atoms with van der Waals surface area (Å²) in [6.45, 7) is 1.49. The summed E-state index contributed by atoms with van der Waals surface area (Å²) < 4.78 is 464. The van der Waals surface area contributed by atoms with Crippen molar-refractivity contribution in [2.24, 2.45) is 0 Å². The Morgan fingerprint density at radius 3 is 0.587 bits per heavy atom. The van der Waals surface area contributed by atoms with E-state index in [0.29, 0.717) is 71.4 Å². The van der Waals surface area contributed by atoms with Crippen molar-refractivity contribution in [3.63, 3.8) is 0 Å². The lowest BCUT2D eigenvalue weighted by atomic mass is 9.88. The smallest absolute Gasteiger partial charge is 0.454 e. The van der Waals surface area contributed by atoms with Crippen LogP contribution in [-0.4, -0.2) is 119 Å². The van der Waals surface area contributed by atoms with Crippen LogP contribution >= 0.6 is 45.2 Å². The third-order valence-electron chi connectivity index (χ3n) is 8.48. The largest absolute Gasteiger partial charge is 0.460 e. The van der Waals surface area contributed by atoms with Gasteiger partial charge in [-0.05, 0) is 26.2 Å². The predicted molar refractivity (Wildman–Crippen MR) is 162 cm³/mol. The molecule has 0 aromatic heterocycles. The molecule has 63 heavy (non-hydrogen) atoms. The second-order valence-electron chi connectivity index (χ2n) is 13.9. The highest BCUT2D eigenvalue weighted by atomic mass is 127. The Kier molecular flexibility index (Phi) is 16.4. The van der Waals surface area contributed by atoms with Crippen LogP contribution < -0.4 is 0 Å². The fourth-order valence-corrected chi connectivity index (χ4v) is 15.7. The molecule has 0 spiro atoms. The maximum atomic E-state index is 14.7. The first kappa shape index (κ1) is 62.5. The van der Waals surface area contributed by atoms with E-state index in [0.717, 1.165) is 0 Å². The molecule has 2 atom stereocenters. The lowest BCUT2D eigenvalue weighted by Crippen LogP contribution is -2.74. The molecule has 0 aromatic rings. The molecule has 0 aliphatic heterocycles. The van der Waals surface area contributed by atoms with E-state index < -0.39 is 132 Å². The van der Waals surface area contributed by atoms with Crippen LogP contribution in [0.15, 0.2) is 0 Å². The van der Waals surface area contributed by atoms with Gasteiger partial charge in [-0.1, -0.05) is 45.2 Å². The average Bonchev–Trinajstić information content (AvgIpc) is 3.01. The molecule has 0 aliphatic rings. The Bertz CT molecular complexity index is 1500. The minimum atomic E-state index is -9.00. The van der Waals surface area contributed by atoms with E-state index in [1.54, 1.807) is 0 Å². The maximum absolute atomic E-state index is 14.7. The number of alkyl halides is 36. The van der Waals surface area contributed by atoms with Gasteiger partial charge in [0.25, 0.3) is 0 Å². The summed E-state index contributed by atoms with van der Waals surface area (Å²) in [5.74, 6) is -119. The van der Waals surface area contributed by atoms with Crippen molar-refractivity contribution >= 4 is 61.8 Å². The minimum Gasteiger partial charge on any atom is -0.454 e. The summed E-state index contributed by atoms with van der Waals surface area (Å²) in [7, 11) is -9.84. The highest BCUT2D eigenvalue weighted by Gasteiger charge is 2.97. The van der Waals surface area contributed by atoms with Gasteiger partial charge in [0.05, 0.1) is 0 Å². The van der Waals surface area contributed by atoms with Crippen LogP contribution in [0.1, 0.15) is 12.8 Å². The predicted octanol–water partition coefficient (Wildman–Crippen LogP) is 14.9. The van der Waals surface area contributed by atoms with Crippen LogP contribution in [0.4, 0.5) is 149 Å². The van der Waals surface area contributed by atoms with Crippen molar-refractivity contribution in [1.29, 1.82) is 0 Å². The molecular formula is C24H18F34I2OSi2. The molecule has 0 N–H and O–H groups in total. The van der Waals surface area contributed by atoms with Crippen molar-refractivity contribution in [3.8, 4) is 0 Å². The molecule has 0 saturated carbocycles. The van der Waals surface area contributed by atoms with Crippen LogP contribution in [-0.2, 0) is 4.12 Å². The standard InChI is InChI=1S/C24H18F34I2OSi2/c1-62(2,7(59)5-9(25,26)11(29,30)13(33,34)15(37,38)17(41,42)19(45,46)21(49,50)23(53,54)55)61-63(3,4)8(60)6-10(27,28)12(31,32)14(35,36)16(39,40)18(43,44)20(47,48)22(51,52)24(56,57)58/h7-8H,5-6H2,1-4H3. The Hall–Kier alpha value is -0.526. The normalized spacial score (nSPS) is 17.9. The van der Waals surface area contributed by atoms with Crippen molar-refractivity contribution in [2.45, 2.75) is 141 Å². The quantitative estimate of drug-likeness (QED) is 0.0511. The van der Waals surface area contributed by atoms with Gasteiger partial charge in [0.15, 0.2) is 16.6 Å². The Morgan fingerprint density at radius 2 is 0.429 bits per heavy atom. The summed E-state index contributed by atoms with van der Waals surface area (Å²) >= 11 is 0.812. The molecule has 0 aromatic carbocycles. The summed E-state index contributed by atoms with van der Waals surface area (Å²) in [6, 6.07) is 0. The molecule has 1 nitrogen and oxygen atoms in total. The van der Waals surface area contributed by atoms with E-state index in [-0.39, 0.29) is 0 Å². The second kappa shape index (κ2) is 16.6. The van der Waals surface area contributed by atoms with E-state index in [4.69, 9.17) is 4.12 Å². The summed E-state index contributed by atoms with van der Waals surface area (Å²) in [4.78, 5) is 0. The van der Waals surface area contributed by atoms with Crippen LogP contribution in [0.5, 0.6) is 0 Å². The molecular weight excluding hydrogens is 1260 g/mol. The number of halogens is 36. The fraction of sp³-hybridized carbons (Fsp3) is 1.00. The van der Waals surface area contributed by atoms with Crippen LogP contribution in [0.25, 0.3) is 0 Å². The van der Waals surface area contributed by atoms with Gasteiger partial charge in [-0.3, -0.25) is 0 Å². The van der Waals surface area contributed by atoms with Gasteiger partial charge in [-0.15, -0.1) is 0 Å². The third kappa shape index (κ3) is 9.23. The zero-order valence-corrected chi connectivity index (χ0v) is 35.9. The highest BCUT2D eigenvalue weighted by molar-refractivity contribution is 14.1. The van der Waals surface area contributed by atoms with Gasteiger partial charge in [0, 0.05) is 19.9 Å². The first-order chi connectivity index (χ1) is 26.5. The molecule has 380 valence electrons. The Balaban J connectivity index is 6.87. The van der Waals surface area contributed by atoms with E-state index in [9.17, 15) is 149 Å². The van der Waals surface area contributed by atoms with Crippen LogP contribution in [0.3, 0.4) is 0 Å². The second-order valence-corrected chi connectivity index (χ2v) is 27.9. The van der Waals surface area contributed by atoms with Gasteiger partial charge in [0.1, 0.15) is 0 Å². The van der Waals surface area contributed by atoms with Gasteiger partial charge < -0.3 is 4.12 Å². The summed E-state index contributed by atoms with van der Waals surface area (Å²) in [5, 5.41) is 0. The van der Waals surface area contributed by atoms with Gasteiger partial charge >= 0.3 is 95.3 Å². The van der Waals surface area contributed by atoms with E-state index in [1.807, 2.05) is 0 Å². The zero-order valence-electron chi connectivity index (χ0n) is 29.6. The lowest BCUT2D eigenvalue weighted by Gasteiger charge is -2.45. The lowest BCUT2D eigenvalue weighted by molar-refractivity contribution is -0.461. The highest BCUT2D eigenvalue weighted by Crippen LogP contribution is 2.66. The molecule has 0 amide bonds. The van der Waals surface area contributed by atoms with Gasteiger partial charge in [-0.25, -0.2) is 0 Å². The molecule has 0 rings (SSSR count). The van der Waals surface area contributed by atoms with E-state index >= 15 is 0 Å². The van der Waals surface area contributed by atoms with Gasteiger partial charge in [-0.2, -0.15) is 149 Å². The van der Waals surface area contributed by atoms with Crippen molar-refractivity contribution in [2.75, 3.05) is 0 Å². The number of rotatable bonds is 20. The van der Waals surface area contributed by atoms with Crippen LogP contribution in [0, 0.1) is 0 Å². The molecule has 2 unspecified atom stereocenters. The topological polar surface area (TPSA) is 9.23 Å². The average molecular weight is 1280 g/mol. The van der Waals surface area contributed by atoms with Crippen molar-refractivity contribution in [1.82, 2.24) is 0 Å². The number of hydrogen-bond donors (Lipinski definition) is 0. The van der Waals surface area contributed by atoms with Crippen molar-refractivity contribution in [3.05, 3.63) is 0 Å². The summed E-state index contributed by atoms with van der Waals surface area (Å²) in [5.41, 5.74) is 0. The summed E-state index contributed by atoms with van der Waals surface area (Å²) in [6.07, 6.45) is -22.5. The third-order valence-corrected chi connectivity index (χ3v) is 26.0. The molecule has 0 heterocycles. The Labute approximate surface area is 355 Å². The first-order valence-corrected chi connectivity index (χ1v) is 23.3. The molecule has 0 bridgehead atoms. The molecule has 0 aliphatic carbocycles. The van der Waals surface area contributed by atoms with Crippen LogP contribution in [0.2, 0.25) is 26.2 Å². The van der Waals surface area contributed by atoms with Gasteiger partial charge in [0.2, 0.25) is 0 Å². The number of hydrogen-bond acceptors (Lipinski definition) is 1. The SMILES string of the molecule is C[Si](C)(O[Si](C)(C)C(I)CC(F)(F)C(F)(F)C(F)(F)C(F)(F)C(F)(F)C(F)(F)C(F)(F)C(F)(F)F)C(I)CC(F)(F)C(F)(F)C(F)(F)C(F)(F)C(F)(F)C(F)(F)C(F)(F)C(F)(F)F. The van der Waals surface area contributed by atoms with E-state index in [2.05, 4.69) is 0 Å². The Morgan fingerprint density at radius 1 is 0.286 bits per heavy atom. The molecule has 0 fully saturated rings. The van der Waals surface area contributed by atoms with Crippen molar-refractivity contribution < 1.29 is 153 Å². The fourth-order valence-electron chi connectivity index (χ4n) is 4.40. The monoisotopic (exact) mass is 1280 g/mol. The first-order valence-electron chi connectivity index (χ1n) is 14.9. The minimum absolute atomic E-state index is 0.373. The van der Waals surface area contributed by atoms with E-state index in [1.165, 1.54) is 0 Å². The molecule has 0 saturated heterocycles. The maximum Gasteiger partial charge on any atom is 0.460 e. The zero-order chi connectivity index (χ0) is 52.3. The molecule has 39 heteroatoms. The molecule has 0 radical (unpaired) electrons.